The van der Waals surface area contributed by atoms with Crippen molar-refractivity contribution in [3.63, 3.8) is 0 Å². The number of esters is 2. The number of aliphatic carboxylic acids is 1. The van der Waals surface area contributed by atoms with Crippen LogP contribution in [0.25, 0.3) is 0 Å². The third-order valence-corrected chi connectivity index (χ3v) is 4.96. The topological polar surface area (TPSA) is 174 Å². The van der Waals surface area contributed by atoms with E-state index in [2.05, 4.69) is 10.6 Å². The highest BCUT2D eigenvalue weighted by molar-refractivity contribution is 5.92. The molecule has 0 aromatic rings. The number of Topliss-reactive ketones (excluding diaryl/α,β-unsaturated/α-hetero) is 1. The van der Waals surface area contributed by atoms with Crippen molar-refractivity contribution < 1.29 is 48.1 Å². The molecular weight excluding hydrogens is 524 g/mol. The van der Waals surface area contributed by atoms with Gasteiger partial charge >= 0.3 is 24.0 Å². The number of hydrogen-bond donors (Lipinski definition) is 3. The van der Waals surface area contributed by atoms with E-state index in [4.69, 9.17) is 14.2 Å². The summed E-state index contributed by atoms with van der Waals surface area (Å²) in [4.78, 5) is 74.8. The number of ether oxygens (including phenoxy) is 3. The highest BCUT2D eigenvalue weighted by atomic mass is 16.6. The monoisotopic (exact) mass is 572 g/mol. The summed E-state index contributed by atoms with van der Waals surface area (Å²) in [5.41, 5.74) is -2.52. The van der Waals surface area contributed by atoms with Crippen molar-refractivity contribution in [2.24, 2.45) is 5.92 Å². The number of alkyl carbamates (subject to hydrolysis) is 1. The van der Waals surface area contributed by atoms with Crippen molar-refractivity contribution >= 4 is 35.7 Å². The molecule has 0 aliphatic rings. The minimum absolute atomic E-state index is 0.0976. The van der Waals surface area contributed by atoms with Crippen LogP contribution in [0.3, 0.4) is 0 Å². The molecule has 0 aromatic carbocycles. The average Bonchev–Trinajstić information content (AvgIpc) is 2.71. The second kappa shape index (κ2) is 15.6. The van der Waals surface area contributed by atoms with Crippen LogP contribution in [0.2, 0.25) is 0 Å². The maximum absolute atomic E-state index is 13.0. The molecule has 12 nitrogen and oxygen atoms in total. The van der Waals surface area contributed by atoms with E-state index in [-0.39, 0.29) is 25.0 Å². The van der Waals surface area contributed by atoms with Gasteiger partial charge in [0.25, 0.3) is 0 Å². The Morgan fingerprint density at radius 1 is 0.675 bits per heavy atom. The van der Waals surface area contributed by atoms with Gasteiger partial charge < -0.3 is 30.0 Å². The third-order valence-electron chi connectivity index (χ3n) is 4.96. The molecule has 0 bridgehead atoms. The lowest BCUT2D eigenvalue weighted by Crippen LogP contribution is -2.53. The molecule has 0 rings (SSSR count). The third kappa shape index (κ3) is 17.4. The van der Waals surface area contributed by atoms with Gasteiger partial charge in [-0.25, -0.2) is 9.59 Å². The van der Waals surface area contributed by atoms with Crippen LogP contribution in [-0.2, 0) is 38.2 Å². The average molecular weight is 573 g/mol. The Kier molecular flexibility index (Phi) is 14.3. The normalized spacial score (nSPS) is 14.2. The van der Waals surface area contributed by atoms with Gasteiger partial charge in [-0.1, -0.05) is 13.3 Å². The molecule has 0 spiro atoms. The predicted molar refractivity (Wildman–Crippen MR) is 146 cm³/mol. The highest BCUT2D eigenvalue weighted by Gasteiger charge is 2.33. The number of hydrogen-bond acceptors (Lipinski definition) is 9. The first-order chi connectivity index (χ1) is 18.0. The lowest BCUT2D eigenvalue weighted by molar-refractivity contribution is -0.162. The molecule has 0 aromatic heterocycles. The van der Waals surface area contributed by atoms with E-state index >= 15 is 0 Å². The Hall–Kier alpha value is -3.18. The molecule has 40 heavy (non-hydrogen) atoms. The summed E-state index contributed by atoms with van der Waals surface area (Å²) in [7, 11) is 0. The summed E-state index contributed by atoms with van der Waals surface area (Å²) in [6.07, 6.45) is -1.13. The zero-order chi connectivity index (χ0) is 31.5. The van der Waals surface area contributed by atoms with Gasteiger partial charge in [-0.3, -0.25) is 19.2 Å². The van der Waals surface area contributed by atoms with Crippen molar-refractivity contribution in [3.8, 4) is 0 Å². The van der Waals surface area contributed by atoms with Crippen molar-refractivity contribution in [2.45, 2.75) is 137 Å². The van der Waals surface area contributed by atoms with Gasteiger partial charge in [0.05, 0.1) is 12.3 Å². The van der Waals surface area contributed by atoms with Gasteiger partial charge in [0, 0.05) is 12.8 Å². The second-order valence-corrected chi connectivity index (χ2v) is 12.7. The molecule has 12 heteroatoms. The molecule has 0 radical (unpaired) electrons. The molecule has 3 N–H and O–H groups in total. The van der Waals surface area contributed by atoms with Gasteiger partial charge in [-0.05, 0) is 75.2 Å². The number of carbonyl (C=O) groups excluding carboxylic acids is 5. The molecule has 3 atom stereocenters. The van der Waals surface area contributed by atoms with Crippen molar-refractivity contribution in [1.29, 1.82) is 0 Å². The number of carboxylic acids is 1. The van der Waals surface area contributed by atoms with Crippen LogP contribution < -0.4 is 10.6 Å². The fraction of sp³-hybridized carbons (Fsp3) is 0.786. The van der Waals surface area contributed by atoms with E-state index in [1.165, 1.54) is 0 Å². The fourth-order valence-electron chi connectivity index (χ4n) is 3.45. The summed E-state index contributed by atoms with van der Waals surface area (Å²) in [6.45, 7) is 16.8. The smallest absolute Gasteiger partial charge is 0.408 e. The number of ketones is 1. The Morgan fingerprint density at radius 3 is 1.62 bits per heavy atom. The van der Waals surface area contributed by atoms with E-state index in [0.717, 1.165) is 0 Å². The Balaban J connectivity index is 5.68. The second-order valence-electron chi connectivity index (χ2n) is 12.7. The summed E-state index contributed by atoms with van der Waals surface area (Å²) in [6, 6.07) is -2.88. The van der Waals surface area contributed by atoms with Gasteiger partial charge in [-0.2, -0.15) is 0 Å². The number of nitrogens with one attached hydrogen (secondary N) is 2. The van der Waals surface area contributed by atoms with E-state index in [1.807, 2.05) is 6.92 Å². The van der Waals surface area contributed by atoms with E-state index in [1.54, 1.807) is 62.3 Å². The van der Waals surface area contributed by atoms with Crippen LogP contribution in [0.5, 0.6) is 0 Å². The van der Waals surface area contributed by atoms with Crippen LogP contribution in [0.15, 0.2) is 0 Å². The first-order valence-electron chi connectivity index (χ1n) is 13.5. The fourth-order valence-corrected chi connectivity index (χ4v) is 3.45. The maximum Gasteiger partial charge on any atom is 0.408 e. The summed E-state index contributed by atoms with van der Waals surface area (Å²) in [5.74, 6) is -4.62. The lowest BCUT2D eigenvalue weighted by atomic mass is 9.94. The van der Waals surface area contributed by atoms with Gasteiger partial charge in [0.1, 0.15) is 34.7 Å². The SMILES string of the molecule is CCC[C@H](CC(=O)CC[C@H](NC(=O)[C@H](CC(=O)O)NC(=O)OC(C)(C)C)C(=O)OC(C)(C)C)C(=O)OC(C)(C)C. The molecule has 0 saturated heterocycles. The molecule has 0 aliphatic carbocycles. The van der Waals surface area contributed by atoms with Gasteiger partial charge in [0.15, 0.2) is 0 Å². The van der Waals surface area contributed by atoms with E-state index < -0.39 is 71.1 Å². The Labute approximate surface area is 237 Å². The largest absolute Gasteiger partial charge is 0.481 e. The van der Waals surface area contributed by atoms with Crippen LogP contribution in [0.1, 0.15) is 108 Å². The first-order valence-corrected chi connectivity index (χ1v) is 13.5. The predicted octanol–water partition coefficient (Wildman–Crippen LogP) is 3.68. The molecule has 0 heterocycles. The first kappa shape index (κ1) is 36.8. The Morgan fingerprint density at radius 2 is 1.18 bits per heavy atom. The molecule has 0 fully saturated rings. The minimum Gasteiger partial charge on any atom is -0.481 e. The molecular formula is C28H48N2O10. The van der Waals surface area contributed by atoms with Crippen molar-refractivity contribution in [3.05, 3.63) is 0 Å². The zero-order valence-electron chi connectivity index (χ0n) is 25.6. The number of carboxylic acid groups (broad SMARTS) is 1. The maximum atomic E-state index is 13.0. The number of rotatable bonds is 14. The number of amides is 2. The lowest BCUT2D eigenvalue weighted by Gasteiger charge is -2.27. The van der Waals surface area contributed by atoms with Crippen molar-refractivity contribution in [2.75, 3.05) is 0 Å². The quantitative estimate of drug-likeness (QED) is 0.206. The van der Waals surface area contributed by atoms with Crippen LogP contribution in [-0.4, -0.2) is 69.7 Å². The molecule has 230 valence electrons. The standard InChI is InChI=1S/C28H48N2O10/c1-11-12-17(23(35)38-26(2,3)4)15-18(31)13-14-19(24(36)39-27(5,6)7)29-22(34)20(16-21(32)33)30-25(37)40-28(8,9)10/h17,19-20H,11-16H2,1-10H3,(H,29,34)(H,30,37)(H,32,33)/t17-,19+,20+/m1/s1. The molecule has 0 saturated carbocycles. The molecule has 0 aliphatic heterocycles. The zero-order valence-corrected chi connectivity index (χ0v) is 25.6. The van der Waals surface area contributed by atoms with Crippen molar-refractivity contribution in [1.82, 2.24) is 10.6 Å². The van der Waals surface area contributed by atoms with Crippen LogP contribution in [0, 0.1) is 5.92 Å². The Bertz CT molecular complexity index is 910. The summed E-state index contributed by atoms with van der Waals surface area (Å²) < 4.78 is 15.9. The highest BCUT2D eigenvalue weighted by Crippen LogP contribution is 2.20. The van der Waals surface area contributed by atoms with Gasteiger partial charge in [0.2, 0.25) is 5.91 Å². The van der Waals surface area contributed by atoms with Gasteiger partial charge in [-0.15, -0.1) is 0 Å². The van der Waals surface area contributed by atoms with E-state index in [0.29, 0.717) is 12.8 Å². The van der Waals surface area contributed by atoms with Crippen LogP contribution in [0.4, 0.5) is 4.79 Å². The minimum atomic E-state index is -1.56. The summed E-state index contributed by atoms with van der Waals surface area (Å²) >= 11 is 0. The summed E-state index contributed by atoms with van der Waals surface area (Å²) in [5, 5.41) is 13.9. The molecule has 0 unspecified atom stereocenters. The van der Waals surface area contributed by atoms with E-state index in [9.17, 15) is 33.9 Å². The van der Waals surface area contributed by atoms with Crippen LogP contribution >= 0.6 is 0 Å². The molecule has 2 amide bonds. The number of carbonyl (C=O) groups is 6.